The fraction of sp³-hybridized carbons (Fsp3) is 0.0612. The normalized spacial score (nSPS) is 13.0. The maximum atomic E-state index is 7.14. The largest absolute Gasteiger partial charge is 0.457 e. The molecule has 3 heteroatoms. The van der Waals surface area contributed by atoms with Crippen LogP contribution in [0, 0.1) is 0 Å². The van der Waals surface area contributed by atoms with Gasteiger partial charge in [-0.15, -0.1) is 11.3 Å². The van der Waals surface area contributed by atoms with Crippen LogP contribution in [0.5, 0.6) is 11.5 Å². The molecule has 0 unspecified atom stereocenters. The summed E-state index contributed by atoms with van der Waals surface area (Å²) in [5.74, 6) is 1.67. The van der Waals surface area contributed by atoms with Crippen LogP contribution in [0.2, 0.25) is 0 Å². The Kier molecular flexibility index (Phi) is 7.06. The van der Waals surface area contributed by atoms with Crippen molar-refractivity contribution in [3.63, 3.8) is 0 Å². The van der Waals surface area contributed by atoms with Crippen LogP contribution >= 0.6 is 11.3 Å². The number of ether oxygens (including phenoxy) is 1. The molecule has 1 aromatic heterocycles. The van der Waals surface area contributed by atoms with Gasteiger partial charge in [0.25, 0.3) is 0 Å². The van der Waals surface area contributed by atoms with Crippen LogP contribution < -0.4 is 9.64 Å². The predicted octanol–water partition coefficient (Wildman–Crippen LogP) is 14.4. The van der Waals surface area contributed by atoms with Crippen LogP contribution in [0.15, 0.2) is 176 Å². The molecule has 0 amide bonds. The Morgan fingerprint density at radius 3 is 2.06 bits per heavy atom. The van der Waals surface area contributed by atoms with Crippen molar-refractivity contribution in [2.75, 3.05) is 4.90 Å². The molecular formula is C49H35NOS. The quantitative estimate of drug-likeness (QED) is 0.173. The van der Waals surface area contributed by atoms with E-state index in [9.17, 15) is 0 Å². The van der Waals surface area contributed by atoms with Crippen molar-refractivity contribution < 1.29 is 4.74 Å². The highest BCUT2D eigenvalue weighted by Gasteiger charge is 2.40. The molecule has 1 heterocycles. The van der Waals surface area contributed by atoms with Gasteiger partial charge in [-0.05, 0) is 81.1 Å². The van der Waals surface area contributed by atoms with Gasteiger partial charge >= 0.3 is 0 Å². The Balaban J connectivity index is 1.16. The summed E-state index contributed by atoms with van der Waals surface area (Å²) in [5, 5.41) is 5.01. The smallest absolute Gasteiger partial charge is 0.136 e. The molecule has 0 bridgehead atoms. The molecule has 10 rings (SSSR count). The molecule has 1 aliphatic carbocycles. The zero-order chi connectivity index (χ0) is 34.8. The summed E-state index contributed by atoms with van der Waals surface area (Å²) < 4.78 is 9.70. The average Bonchev–Trinajstić information content (AvgIpc) is 3.69. The molecule has 248 valence electrons. The summed E-state index contributed by atoms with van der Waals surface area (Å²) in [5.41, 5.74) is 10.6. The van der Waals surface area contributed by atoms with Gasteiger partial charge in [0.05, 0.1) is 10.4 Å². The molecular weight excluding hydrogens is 651 g/mol. The third-order valence-corrected chi connectivity index (χ3v) is 11.9. The fourth-order valence-corrected chi connectivity index (χ4v) is 9.57. The van der Waals surface area contributed by atoms with Gasteiger partial charge in [-0.3, -0.25) is 0 Å². The average molecular weight is 686 g/mol. The van der Waals surface area contributed by atoms with E-state index in [1.54, 1.807) is 0 Å². The Morgan fingerprint density at radius 2 is 1.21 bits per heavy atom. The minimum atomic E-state index is -0.219. The summed E-state index contributed by atoms with van der Waals surface area (Å²) in [6.45, 7) is 4.71. The standard InChI is InChI=1S/C49H35NOS/c1-49(2)41-27-14-25-37(32-16-5-3-6-17-32)45(41)46-43(30-33-18-9-10-23-38(33)47(46)49)51-36-22-13-21-35(31-36)50(34-19-7-4-8-20-34)42-28-15-26-40-39-24-11-12-29-44(39)52-48(40)42/h3-31H,1-2H3. The molecule has 1 aliphatic rings. The number of hydrogen-bond donors (Lipinski definition) is 0. The molecule has 2 nitrogen and oxygen atoms in total. The van der Waals surface area contributed by atoms with E-state index in [0.29, 0.717) is 0 Å². The number of anilines is 3. The number of thiophene rings is 1. The molecule has 0 fully saturated rings. The highest BCUT2D eigenvalue weighted by molar-refractivity contribution is 7.26. The van der Waals surface area contributed by atoms with Gasteiger partial charge in [0, 0.05) is 43.9 Å². The van der Waals surface area contributed by atoms with Crippen molar-refractivity contribution in [2.45, 2.75) is 19.3 Å². The number of fused-ring (bicyclic) bond motifs is 8. The zero-order valence-electron chi connectivity index (χ0n) is 29.0. The first-order valence-corrected chi connectivity index (χ1v) is 18.7. The first kappa shape index (κ1) is 30.6. The summed E-state index contributed by atoms with van der Waals surface area (Å²) in [6, 6.07) is 63.0. The number of benzene rings is 8. The highest BCUT2D eigenvalue weighted by Crippen LogP contribution is 2.58. The molecule has 0 spiro atoms. The Hall–Kier alpha value is -6.16. The SMILES string of the molecule is CC1(C)c2cccc(-c3ccccc3)c2-c2c(Oc3cccc(N(c4ccccc4)c4cccc5c4sc4ccccc45)c3)cc3ccccc3c21. The Morgan fingerprint density at radius 1 is 0.538 bits per heavy atom. The molecule has 0 radical (unpaired) electrons. The van der Waals surface area contributed by atoms with E-state index in [2.05, 4.69) is 195 Å². The van der Waals surface area contributed by atoms with E-state index in [4.69, 9.17) is 4.74 Å². The van der Waals surface area contributed by atoms with E-state index < -0.39 is 0 Å². The van der Waals surface area contributed by atoms with Crippen LogP contribution in [0.25, 0.3) is 53.2 Å². The molecule has 0 atom stereocenters. The van der Waals surface area contributed by atoms with E-state index in [1.807, 2.05) is 11.3 Å². The van der Waals surface area contributed by atoms with E-state index in [0.717, 1.165) is 28.6 Å². The van der Waals surface area contributed by atoms with Gasteiger partial charge in [0.2, 0.25) is 0 Å². The third kappa shape index (κ3) is 4.77. The van der Waals surface area contributed by atoms with E-state index in [-0.39, 0.29) is 5.41 Å². The van der Waals surface area contributed by atoms with Crippen molar-refractivity contribution in [1.29, 1.82) is 0 Å². The van der Waals surface area contributed by atoms with Crippen LogP contribution in [0.3, 0.4) is 0 Å². The molecule has 0 N–H and O–H groups in total. The first-order valence-electron chi connectivity index (χ1n) is 17.9. The molecule has 0 aliphatic heterocycles. The molecule has 8 aromatic carbocycles. The third-order valence-electron chi connectivity index (χ3n) is 10.7. The second-order valence-corrected chi connectivity index (χ2v) is 15.1. The summed E-state index contributed by atoms with van der Waals surface area (Å²) in [4.78, 5) is 2.36. The second kappa shape index (κ2) is 12.0. The summed E-state index contributed by atoms with van der Waals surface area (Å²) >= 11 is 1.85. The molecule has 0 saturated heterocycles. The van der Waals surface area contributed by atoms with Crippen LogP contribution in [0.1, 0.15) is 25.0 Å². The Bertz CT molecular complexity index is 2800. The summed E-state index contributed by atoms with van der Waals surface area (Å²) in [6.07, 6.45) is 0. The van der Waals surface area contributed by atoms with Crippen molar-refractivity contribution in [3.8, 4) is 33.8 Å². The van der Waals surface area contributed by atoms with Crippen LogP contribution in [-0.2, 0) is 5.41 Å². The van der Waals surface area contributed by atoms with Gasteiger partial charge in [-0.2, -0.15) is 0 Å². The number of rotatable bonds is 6. The minimum Gasteiger partial charge on any atom is -0.457 e. The lowest BCUT2D eigenvalue weighted by molar-refractivity contribution is 0.484. The summed E-state index contributed by atoms with van der Waals surface area (Å²) in [7, 11) is 0. The van der Waals surface area contributed by atoms with Crippen molar-refractivity contribution >= 4 is 59.3 Å². The van der Waals surface area contributed by atoms with E-state index in [1.165, 1.54) is 64.3 Å². The maximum Gasteiger partial charge on any atom is 0.136 e. The van der Waals surface area contributed by atoms with Gasteiger partial charge in [0.1, 0.15) is 11.5 Å². The van der Waals surface area contributed by atoms with Gasteiger partial charge in [-0.1, -0.05) is 141 Å². The lowest BCUT2D eigenvalue weighted by Crippen LogP contribution is -2.15. The Labute approximate surface area is 307 Å². The van der Waals surface area contributed by atoms with Gasteiger partial charge < -0.3 is 9.64 Å². The van der Waals surface area contributed by atoms with Crippen molar-refractivity contribution in [3.05, 3.63) is 187 Å². The van der Waals surface area contributed by atoms with Crippen LogP contribution in [0.4, 0.5) is 17.1 Å². The van der Waals surface area contributed by atoms with E-state index >= 15 is 0 Å². The number of nitrogens with zero attached hydrogens (tertiary/aromatic N) is 1. The minimum absolute atomic E-state index is 0.219. The van der Waals surface area contributed by atoms with Gasteiger partial charge in [-0.25, -0.2) is 0 Å². The number of para-hydroxylation sites is 1. The lowest BCUT2D eigenvalue weighted by atomic mass is 9.80. The van der Waals surface area contributed by atoms with Crippen molar-refractivity contribution in [1.82, 2.24) is 0 Å². The monoisotopic (exact) mass is 685 g/mol. The first-order chi connectivity index (χ1) is 25.6. The van der Waals surface area contributed by atoms with Crippen LogP contribution in [-0.4, -0.2) is 0 Å². The predicted molar refractivity (Wildman–Crippen MR) is 221 cm³/mol. The molecule has 9 aromatic rings. The zero-order valence-corrected chi connectivity index (χ0v) is 29.8. The van der Waals surface area contributed by atoms with Gasteiger partial charge in [0.15, 0.2) is 0 Å². The second-order valence-electron chi connectivity index (χ2n) is 14.1. The molecule has 52 heavy (non-hydrogen) atoms. The lowest BCUT2D eigenvalue weighted by Gasteiger charge is -2.26. The fourth-order valence-electron chi connectivity index (χ4n) is 8.36. The molecule has 0 saturated carbocycles. The maximum absolute atomic E-state index is 7.14. The topological polar surface area (TPSA) is 12.5 Å². The highest BCUT2D eigenvalue weighted by atomic mass is 32.1. The number of hydrogen-bond acceptors (Lipinski definition) is 3. The van der Waals surface area contributed by atoms with Crippen molar-refractivity contribution in [2.24, 2.45) is 0 Å².